The molecule has 0 aliphatic carbocycles. The molecule has 3 N–H and O–H groups in total. The summed E-state index contributed by atoms with van der Waals surface area (Å²) in [6.45, 7) is 6.04. The minimum absolute atomic E-state index is 0.1000. The molecule has 8 heteroatoms. The van der Waals surface area contributed by atoms with Crippen molar-refractivity contribution in [3.05, 3.63) is 40.8 Å². The van der Waals surface area contributed by atoms with Crippen LogP contribution >= 0.6 is 11.3 Å². The van der Waals surface area contributed by atoms with E-state index >= 15 is 0 Å². The zero-order valence-corrected chi connectivity index (χ0v) is 17.1. The van der Waals surface area contributed by atoms with E-state index in [0.717, 1.165) is 53.4 Å². The van der Waals surface area contributed by atoms with Crippen LogP contribution in [0.5, 0.6) is 0 Å². The first-order chi connectivity index (χ1) is 13.4. The van der Waals surface area contributed by atoms with Gasteiger partial charge in [-0.25, -0.2) is 15.0 Å². The topological polar surface area (TPSA) is 97.0 Å². The number of fused-ring (bicyclic) bond motifs is 1. The largest absolute Gasteiger partial charge is 0.397 e. The number of rotatable bonds is 3. The van der Waals surface area contributed by atoms with Gasteiger partial charge >= 0.3 is 0 Å². The van der Waals surface area contributed by atoms with E-state index < -0.39 is 0 Å². The number of anilines is 2. The summed E-state index contributed by atoms with van der Waals surface area (Å²) in [6.07, 6.45) is 3.74. The van der Waals surface area contributed by atoms with Crippen molar-refractivity contribution in [2.75, 3.05) is 30.8 Å². The number of hydrogen-bond acceptors (Lipinski definition) is 7. The minimum Gasteiger partial charge on any atom is -0.397 e. The second kappa shape index (κ2) is 7.01. The highest BCUT2D eigenvalue weighted by Crippen LogP contribution is 2.38. The summed E-state index contributed by atoms with van der Waals surface area (Å²) in [5.74, 6) is 0.790. The van der Waals surface area contributed by atoms with E-state index in [0.29, 0.717) is 10.6 Å². The lowest BCUT2D eigenvalue weighted by molar-refractivity contribution is 0.0968. The average Bonchev–Trinajstić information content (AvgIpc) is 3.03. The summed E-state index contributed by atoms with van der Waals surface area (Å²) < 4.78 is 0. The molecule has 0 aromatic carbocycles. The van der Waals surface area contributed by atoms with E-state index in [9.17, 15) is 4.79 Å². The maximum atomic E-state index is 12.1. The predicted octanol–water partition coefficient (Wildman–Crippen LogP) is 2.89. The number of nitrogens with zero attached hydrogens (tertiary/aromatic N) is 4. The highest BCUT2D eigenvalue weighted by molar-refractivity contribution is 7.21. The Hall–Kier alpha value is -2.74. The third-order valence-corrected chi connectivity index (χ3v) is 6.57. The lowest BCUT2D eigenvalue weighted by Crippen LogP contribution is -2.45. The summed E-state index contributed by atoms with van der Waals surface area (Å²) in [6, 6.07) is 6.07. The second-order valence-corrected chi connectivity index (χ2v) is 8.58. The van der Waals surface area contributed by atoms with Crippen molar-refractivity contribution in [2.24, 2.45) is 0 Å². The first-order valence-corrected chi connectivity index (χ1v) is 10.2. The number of aromatic nitrogens is 3. The van der Waals surface area contributed by atoms with Crippen molar-refractivity contribution in [1.29, 1.82) is 0 Å². The molecule has 0 radical (unpaired) electrons. The van der Waals surface area contributed by atoms with E-state index in [2.05, 4.69) is 27.1 Å². The van der Waals surface area contributed by atoms with Gasteiger partial charge in [-0.1, -0.05) is 6.92 Å². The minimum atomic E-state index is -0.170. The highest BCUT2D eigenvalue weighted by Gasteiger charge is 2.35. The van der Waals surface area contributed by atoms with E-state index in [1.54, 1.807) is 13.4 Å². The Morgan fingerprint density at radius 3 is 2.93 bits per heavy atom. The molecular weight excluding hydrogens is 372 g/mol. The van der Waals surface area contributed by atoms with Crippen molar-refractivity contribution in [3.8, 4) is 0 Å². The second-order valence-electron chi connectivity index (χ2n) is 7.58. The summed E-state index contributed by atoms with van der Waals surface area (Å²) in [5.41, 5.74) is 8.57. The predicted molar refractivity (Wildman–Crippen MR) is 113 cm³/mol. The van der Waals surface area contributed by atoms with E-state index in [1.807, 2.05) is 25.1 Å². The van der Waals surface area contributed by atoms with Gasteiger partial charge < -0.3 is 16.0 Å². The van der Waals surface area contributed by atoms with Gasteiger partial charge in [-0.3, -0.25) is 4.79 Å². The summed E-state index contributed by atoms with van der Waals surface area (Å²) >= 11 is 1.35. The number of piperidine rings is 1. The molecule has 1 atom stereocenters. The van der Waals surface area contributed by atoms with Gasteiger partial charge in [-0.2, -0.15) is 0 Å². The van der Waals surface area contributed by atoms with Gasteiger partial charge in [0.05, 0.1) is 5.69 Å². The van der Waals surface area contributed by atoms with E-state index in [-0.39, 0.29) is 11.3 Å². The third kappa shape index (κ3) is 3.17. The molecule has 146 valence electrons. The molecule has 4 heterocycles. The molecule has 1 aliphatic heterocycles. The summed E-state index contributed by atoms with van der Waals surface area (Å²) in [4.78, 5) is 29.3. The average molecular weight is 397 g/mol. The first-order valence-electron chi connectivity index (χ1n) is 9.36. The van der Waals surface area contributed by atoms with Crippen molar-refractivity contribution < 1.29 is 4.79 Å². The van der Waals surface area contributed by atoms with Crippen LogP contribution in [0.4, 0.5) is 11.5 Å². The number of nitrogens with two attached hydrogens (primary N) is 1. The van der Waals surface area contributed by atoms with Crippen LogP contribution in [-0.4, -0.2) is 41.0 Å². The number of amides is 1. The normalized spacial score (nSPS) is 19.8. The van der Waals surface area contributed by atoms with Gasteiger partial charge in [0, 0.05) is 48.4 Å². The number of thiophene rings is 1. The maximum Gasteiger partial charge on any atom is 0.263 e. The summed E-state index contributed by atoms with van der Waals surface area (Å²) in [5, 5.41) is 3.48. The lowest BCUT2D eigenvalue weighted by Gasteiger charge is -2.40. The molecule has 0 spiro atoms. The fraction of sp³-hybridized carbons (Fsp3) is 0.400. The Bertz CT molecular complexity index is 1050. The zero-order chi connectivity index (χ0) is 19.9. The molecule has 1 aliphatic rings. The molecule has 1 saturated heterocycles. The molecule has 0 bridgehead atoms. The molecule has 3 aromatic rings. The number of aryl methyl sites for hydroxylation is 1. The lowest BCUT2D eigenvalue weighted by atomic mass is 9.78. The first kappa shape index (κ1) is 18.6. The molecule has 1 unspecified atom stereocenters. The van der Waals surface area contributed by atoms with Crippen LogP contribution in [0.1, 0.15) is 40.8 Å². The van der Waals surface area contributed by atoms with Crippen LogP contribution in [0.3, 0.4) is 0 Å². The van der Waals surface area contributed by atoms with E-state index in [1.165, 1.54) is 11.3 Å². The van der Waals surface area contributed by atoms with Gasteiger partial charge in [0.25, 0.3) is 5.91 Å². The van der Waals surface area contributed by atoms with Gasteiger partial charge in [-0.15, -0.1) is 11.3 Å². The molecular formula is C20H24N6OS. The number of pyridine rings is 1. The van der Waals surface area contributed by atoms with Gasteiger partial charge in [-0.05, 0) is 31.9 Å². The van der Waals surface area contributed by atoms with Gasteiger partial charge in [0.1, 0.15) is 21.9 Å². The smallest absolute Gasteiger partial charge is 0.263 e. The standard InChI is InChI=1S/C20H24N6OS/c1-12-9-15(24-11-23-12)26-8-4-7-20(2,10-26)14-6-5-13-16(21)17(18(27)22-3)28-19(13)25-14/h5-6,9,11H,4,7-8,10,21H2,1-3H3,(H,22,27). The van der Waals surface area contributed by atoms with Crippen LogP contribution in [0.15, 0.2) is 24.5 Å². The molecule has 28 heavy (non-hydrogen) atoms. The third-order valence-electron chi connectivity index (χ3n) is 5.46. The van der Waals surface area contributed by atoms with Crippen LogP contribution < -0.4 is 16.0 Å². The molecule has 7 nitrogen and oxygen atoms in total. The molecule has 4 rings (SSSR count). The van der Waals surface area contributed by atoms with Crippen LogP contribution in [-0.2, 0) is 5.41 Å². The van der Waals surface area contributed by atoms with Gasteiger partial charge in [0.2, 0.25) is 0 Å². The fourth-order valence-corrected chi connectivity index (χ4v) is 4.91. The number of carbonyl (C=O) groups is 1. The fourth-order valence-electron chi connectivity index (χ4n) is 3.87. The van der Waals surface area contributed by atoms with Gasteiger partial charge in [0.15, 0.2) is 0 Å². The number of nitrogen functional groups attached to an aromatic ring is 1. The number of carbonyl (C=O) groups excluding carboxylic acids is 1. The molecule has 1 amide bonds. The molecule has 3 aromatic heterocycles. The number of nitrogens with one attached hydrogen (secondary N) is 1. The van der Waals surface area contributed by atoms with Crippen molar-refractivity contribution >= 4 is 39.0 Å². The van der Waals surface area contributed by atoms with Crippen molar-refractivity contribution in [1.82, 2.24) is 20.3 Å². The quantitative estimate of drug-likeness (QED) is 0.707. The van der Waals surface area contributed by atoms with Crippen LogP contribution in [0, 0.1) is 6.92 Å². The number of hydrogen-bond donors (Lipinski definition) is 2. The SMILES string of the molecule is CNC(=O)c1sc2nc(C3(C)CCCN(c4cc(C)ncn4)C3)ccc2c1N. The van der Waals surface area contributed by atoms with Crippen LogP contribution in [0.25, 0.3) is 10.2 Å². The molecule has 0 saturated carbocycles. The van der Waals surface area contributed by atoms with Crippen LogP contribution in [0.2, 0.25) is 0 Å². The Labute approximate surface area is 168 Å². The Morgan fingerprint density at radius 2 is 2.18 bits per heavy atom. The zero-order valence-electron chi connectivity index (χ0n) is 16.3. The monoisotopic (exact) mass is 396 g/mol. The Kier molecular flexibility index (Phi) is 4.66. The Balaban J connectivity index is 1.68. The van der Waals surface area contributed by atoms with E-state index in [4.69, 9.17) is 10.7 Å². The van der Waals surface area contributed by atoms with Crippen molar-refractivity contribution in [2.45, 2.75) is 32.1 Å². The Morgan fingerprint density at radius 1 is 1.36 bits per heavy atom. The molecule has 1 fully saturated rings. The van der Waals surface area contributed by atoms with Crippen molar-refractivity contribution in [3.63, 3.8) is 0 Å². The maximum absolute atomic E-state index is 12.1. The highest BCUT2D eigenvalue weighted by atomic mass is 32.1. The summed E-state index contributed by atoms with van der Waals surface area (Å²) in [7, 11) is 1.61.